The van der Waals surface area contributed by atoms with Gasteiger partial charge in [-0.2, -0.15) is 9.57 Å². The van der Waals surface area contributed by atoms with Crippen LogP contribution in [0.1, 0.15) is 28.8 Å². The van der Waals surface area contributed by atoms with Gasteiger partial charge in [0.2, 0.25) is 15.9 Å². The lowest BCUT2D eigenvalue weighted by Crippen LogP contribution is -2.43. The number of hydrogen-bond donors (Lipinski definition) is 0. The molecule has 1 saturated heterocycles. The van der Waals surface area contributed by atoms with Gasteiger partial charge in [0.15, 0.2) is 0 Å². The lowest BCUT2D eigenvalue weighted by atomic mass is 9.96. The first-order chi connectivity index (χ1) is 13.3. The van der Waals surface area contributed by atoms with Gasteiger partial charge in [-0.1, -0.05) is 0 Å². The topological polar surface area (TPSA) is 81.5 Å². The van der Waals surface area contributed by atoms with E-state index in [9.17, 15) is 13.2 Å². The Balaban J connectivity index is 1.61. The van der Waals surface area contributed by atoms with E-state index >= 15 is 0 Å². The maximum atomic E-state index is 12.8. The molecule has 6 nitrogen and oxygen atoms in total. The summed E-state index contributed by atoms with van der Waals surface area (Å²) in [5.74, 6) is -0.0825. The predicted octanol–water partition coefficient (Wildman–Crippen LogP) is 2.99. The number of carbonyl (C=O) groups excluding carboxylic acids is 1. The van der Waals surface area contributed by atoms with Crippen LogP contribution in [0.4, 0.5) is 0 Å². The lowest BCUT2D eigenvalue weighted by Gasteiger charge is -2.32. The minimum atomic E-state index is -3.60. The van der Waals surface area contributed by atoms with Crippen LogP contribution in [0.5, 0.6) is 0 Å². The van der Waals surface area contributed by atoms with E-state index in [0.717, 1.165) is 0 Å². The molecule has 1 aliphatic rings. The molecule has 0 atom stereocenters. The maximum absolute atomic E-state index is 12.8. The van der Waals surface area contributed by atoms with Gasteiger partial charge >= 0.3 is 0 Å². The molecule has 28 heavy (non-hydrogen) atoms. The second-order valence-corrected chi connectivity index (χ2v) is 9.97. The summed E-state index contributed by atoms with van der Waals surface area (Å²) in [5.41, 5.74) is 1.61. The third-order valence-electron chi connectivity index (χ3n) is 5.15. The van der Waals surface area contributed by atoms with Crippen molar-refractivity contribution in [1.82, 2.24) is 9.21 Å². The summed E-state index contributed by atoms with van der Waals surface area (Å²) in [6, 6.07) is 9.96. The first-order valence-corrected chi connectivity index (χ1v) is 11.4. The van der Waals surface area contributed by atoms with Gasteiger partial charge < -0.3 is 4.90 Å². The smallest absolute Gasteiger partial charge is 0.243 e. The van der Waals surface area contributed by atoms with Crippen molar-refractivity contribution in [2.75, 3.05) is 20.1 Å². The Labute approximate surface area is 170 Å². The van der Waals surface area contributed by atoms with Gasteiger partial charge in [0.05, 0.1) is 23.1 Å². The minimum absolute atomic E-state index is 0.0724. The molecule has 1 aliphatic heterocycles. The first kappa shape index (κ1) is 20.5. The van der Waals surface area contributed by atoms with Crippen LogP contribution in [0.2, 0.25) is 0 Å². The number of nitriles is 1. The molecule has 1 fully saturated rings. The minimum Gasteiger partial charge on any atom is -0.340 e. The molecular formula is C20H23N3O3S2. The molecular weight excluding hydrogens is 394 g/mol. The molecule has 148 valence electrons. The van der Waals surface area contributed by atoms with Crippen molar-refractivity contribution < 1.29 is 13.2 Å². The number of thiophene rings is 1. The Kier molecular flexibility index (Phi) is 6.18. The number of benzene rings is 1. The van der Waals surface area contributed by atoms with Crippen LogP contribution in [0.3, 0.4) is 0 Å². The molecule has 0 unspecified atom stereocenters. The summed E-state index contributed by atoms with van der Waals surface area (Å²) in [5, 5.41) is 10.9. The Bertz CT molecular complexity index is 982. The van der Waals surface area contributed by atoms with Gasteiger partial charge in [0, 0.05) is 30.9 Å². The van der Waals surface area contributed by atoms with E-state index in [-0.39, 0.29) is 16.7 Å². The molecule has 2 heterocycles. The zero-order valence-electron chi connectivity index (χ0n) is 16.0. The quantitative estimate of drug-likeness (QED) is 0.749. The van der Waals surface area contributed by atoms with Crippen LogP contribution in [-0.4, -0.2) is 43.7 Å². The molecule has 1 amide bonds. The molecule has 1 aromatic heterocycles. The Morgan fingerprint density at radius 2 is 1.89 bits per heavy atom. The van der Waals surface area contributed by atoms with Gasteiger partial charge in [-0.05, 0) is 61.0 Å². The van der Waals surface area contributed by atoms with Crippen molar-refractivity contribution in [3.63, 3.8) is 0 Å². The molecule has 8 heteroatoms. The van der Waals surface area contributed by atoms with Gasteiger partial charge in [0.1, 0.15) is 0 Å². The molecule has 3 rings (SSSR count). The van der Waals surface area contributed by atoms with Crippen LogP contribution in [-0.2, 0) is 21.4 Å². The van der Waals surface area contributed by atoms with E-state index in [1.807, 2.05) is 24.4 Å². The van der Waals surface area contributed by atoms with Gasteiger partial charge in [-0.3, -0.25) is 4.79 Å². The second kappa shape index (κ2) is 8.43. The van der Waals surface area contributed by atoms with Crippen molar-refractivity contribution in [2.24, 2.45) is 5.92 Å². The normalized spacial score (nSPS) is 15.9. The summed E-state index contributed by atoms with van der Waals surface area (Å²) in [4.78, 5) is 15.9. The fourth-order valence-electron chi connectivity index (χ4n) is 3.36. The fraction of sp³-hybridized carbons (Fsp3) is 0.400. The van der Waals surface area contributed by atoms with Gasteiger partial charge in [-0.25, -0.2) is 8.42 Å². The Morgan fingerprint density at radius 1 is 1.25 bits per heavy atom. The molecule has 0 saturated carbocycles. The molecule has 0 aliphatic carbocycles. The summed E-state index contributed by atoms with van der Waals surface area (Å²) in [6.45, 7) is 3.28. The number of nitrogens with zero attached hydrogens (tertiary/aromatic N) is 3. The van der Waals surface area contributed by atoms with E-state index in [4.69, 9.17) is 5.26 Å². The Morgan fingerprint density at radius 3 is 2.43 bits per heavy atom. The fourth-order valence-corrected chi connectivity index (χ4v) is 5.79. The van der Waals surface area contributed by atoms with Crippen molar-refractivity contribution in [2.45, 2.75) is 31.2 Å². The Hall–Kier alpha value is -2.21. The molecule has 0 radical (unpaired) electrons. The number of amides is 1. The molecule has 0 N–H and O–H groups in total. The van der Waals surface area contributed by atoms with E-state index in [0.29, 0.717) is 38.0 Å². The predicted molar refractivity (Wildman–Crippen MR) is 108 cm³/mol. The third-order valence-corrected chi connectivity index (χ3v) is 8.07. The average molecular weight is 418 g/mol. The highest BCUT2D eigenvalue weighted by Gasteiger charge is 2.33. The number of carbonyl (C=O) groups is 1. The van der Waals surface area contributed by atoms with E-state index in [2.05, 4.69) is 0 Å². The van der Waals surface area contributed by atoms with Crippen LogP contribution >= 0.6 is 11.3 Å². The third kappa shape index (κ3) is 4.27. The van der Waals surface area contributed by atoms with E-state index < -0.39 is 10.0 Å². The number of aryl methyl sites for hydroxylation is 1. The lowest BCUT2D eigenvalue weighted by molar-refractivity contribution is -0.135. The zero-order valence-corrected chi connectivity index (χ0v) is 17.6. The number of piperidine rings is 1. The SMILES string of the molecule is Cc1ccsc1CN(C)C(=O)C1CCN(S(=O)(=O)c2ccc(C#N)cc2)CC1. The largest absolute Gasteiger partial charge is 0.340 e. The van der Waals surface area contributed by atoms with E-state index in [1.165, 1.54) is 39.0 Å². The highest BCUT2D eigenvalue weighted by molar-refractivity contribution is 7.89. The summed E-state index contributed by atoms with van der Waals surface area (Å²) in [7, 11) is -1.80. The standard InChI is InChI=1S/C20H23N3O3S2/c1-15-9-12-27-19(15)14-22(2)20(24)17-7-10-23(11-8-17)28(25,26)18-5-3-16(13-21)4-6-18/h3-6,9,12,17H,7-8,10-11,14H2,1-2H3. The van der Waals surface area contributed by atoms with Crippen molar-refractivity contribution >= 4 is 27.3 Å². The molecule has 2 aromatic rings. The van der Waals surface area contributed by atoms with Crippen LogP contribution in [0.15, 0.2) is 40.6 Å². The monoisotopic (exact) mass is 417 g/mol. The molecule has 0 spiro atoms. The van der Waals surface area contributed by atoms with Crippen molar-refractivity contribution in [3.05, 3.63) is 51.7 Å². The molecule has 1 aromatic carbocycles. The molecule has 0 bridgehead atoms. The summed E-state index contributed by atoms with van der Waals surface area (Å²) in [6.07, 6.45) is 1.03. The average Bonchev–Trinajstić information content (AvgIpc) is 3.12. The van der Waals surface area contributed by atoms with Gasteiger partial charge in [-0.15, -0.1) is 11.3 Å². The zero-order chi connectivity index (χ0) is 20.3. The number of rotatable bonds is 5. The van der Waals surface area contributed by atoms with Crippen LogP contribution in [0, 0.1) is 24.2 Å². The highest BCUT2D eigenvalue weighted by Crippen LogP contribution is 2.26. The second-order valence-electron chi connectivity index (χ2n) is 7.04. The van der Waals surface area contributed by atoms with Crippen molar-refractivity contribution in [3.8, 4) is 6.07 Å². The highest BCUT2D eigenvalue weighted by atomic mass is 32.2. The van der Waals surface area contributed by atoms with Crippen LogP contribution in [0.25, 0.3) is 0 Å². The summed E-state index contributed by atoms with van der Waals surface area (Å²) < 4.78 is 27.0. The first-order valence-electron chi connectivity index (χ1n) is 9.11. The maximum Gasteiger partial charge on any atom is 0.243 e. The van der Waals surface area contributed by atoms with E-state index in [1.54, 1.807) is 23.3 Å². The number of sulfonamides is 1. The summed E-state index contributed by atoms with van der Waals surface area (Å²) >= 11 is 1.64. The van der Waals surface area contributed by atoms with Gasteiger partial charge in [0.25, 0.3) is 0 Å². The van der Waals surface area contributed by atoms with Crippen LogP contribution < -0.4 is 0 Å². The number of hydrogen-bond acceptors (Lipinski definition) is 5. The van der Waals surface area contributed by atoms with Crippen molar-refractivity contribution in [1.29, 1.82) is 5.26 Å².